The van der Waals surface area contributed by atoms with Crippen LogP contribution in [0.4, 0.5) is 0 Å². The molecular formula is C17H22N2. The number of hydrogen-bond acceptors (Lipinski definition) is 2. The minimum Gasteiger partial charge on any atom is -0.321 e. The van der Waals surface area contributed by atoms with Crippen LogP contribution in [0.1, 0.15) is 44.6 Å². The number of hydrogen-bond donors (Lipinski definition) is 1. The first-order valence-electron chi connectivity index (χ1n) is 7.31. The lowest BCUT2D eigenvalue weighted by atomic mass is 9.82. The van der Waals surface area contributed by atoms with Gasteiger partial charge in [-0.3, -0.25) is 4.98 Å². The van der Waals surface area contributed by atoms with E-state index >= 15 is 0 Å². The number of nitrogens with two attached hydrogens (primary N) is 1. The molecule has 1 aliphatic carbocycles. The molecule has 0 aliphatic heterocycles. The van der Waals surface area contributed by atoms with Gasteiger partial charge in [0.2, 0.25) is 0 Å². The molecule has 100 valence electrons. The van der Waals surface area contributed by atoms with E-state index < -0.39 is 0 Å². The van der Waals surface area contributed by atoms with Gasteiger partial charge in [0.05, 0.1) is 0 Å². The zero-order valence-corrected chi connectivity index (χ0v) is 11.6. The van der Waals surface area contributed by atoms with Crippen molar-refractivity contribution in [2.45, 2.75) is 44.6 Å². The fourth-order valence-electron chi connectivity index (χ4n) is 3.32. The van der Waals surface area contributed by atoms with Gasteiger partial charge in [-0.15, -0.1) is 0 Å². The molecule has 2 atom stereocenters. The minimum atomic E-state index is -0.196. The van der Waals surface area contributed by atoms with E-state index in [2.05, 4.69) is 36.2 Å². The highest BCUT2D eigenvalue weighted by atomic mass is 14.8. The van der Waals surface area contributed by atoms with E-state index in [1.54, 1.807) is 0 Å². The second-order valence-electron chi connectivity index (χ2n) is 6.10. The third kappa shape index (κ3) is 2.37. The highest BCUT2D eigenvalue weighted by Crippen LogP contribution is 2.38. The fraction of sp³-hybridized carbons (Fsp3) is 0.471. The van der Waals surface area contributed by atoms with Crippen molar-refractivity contribution in [1.82, 2.24) is 4.98 Å². The van der Waals surface area contributed by atoms with Gasteiger partial charge in [-0.1, -0.05) is 44.0 Å². The van der Waals surface area contributed by atoms with Gasteiger partial charge in [0.1, 0.15) is 0 Å². The smallest absolute Gasteiger partial charge is 0.0431 e. The second-order valence-corrected chi connectivity index (χ2v) is 6.10. The van der Waals surface area contributed by atoms with Crippen LogP contribution in [-0.2, 0) is 5.54 Å². The summed E-state index contributed by atoms with van der Waals surface area (Å²) in [5, 5.41) is 2.47. The SMILES string of the molecule is CC1CCCC(N)(c2cncc3ccccc23)CC1. The summed E-state index contributed by atoms with van der Waals surface area (Å²) in [7, 11) is 0. The van der Waals surface area contributed by atoms with Crippen LogP contribution >= 0.6 is 0 Å². The van der Waals surface area contributed by atoms with Crippen molar-refractivity contribution in [3.05, 3.63) is 42.2 Å². The van der Waals surface area contributed by atoms with Crippen molar-refractivity contribution < 1.29 is 0 Å². The molecule has 2 unspecified atom stereocenters. The molecule has 2 aromatic rings. The molecule has 2 N–H and O–H groups in total. The molecule has 0 spiro atoms. The van der Waals surface area contributed by atoms with E-state index in [0.717, 1.165) is 18.8 Å². The molecule has 0 bridgehead atoms. The predicted octanol–water partition coefficient (Wildman–Crippen LogP) is 3.99. The topological polar surface area (TPSA) is 38.9 Å². The molecular weight excluding hydrogens is 232 g/mol. The Labute approximate surface area is 115 Å². The summed E-state index contributed by atoms with van der Waals surface area (Å²) in [6, 6.07) is 8.45. The van der Waals surface area contributed by atoms with Crippen LogP contribution in [0.15, 0.2) is 36.7 Å². The molecule has 1 fully saturated rings. The van der Waals surface area contributed by atoms with Gasteiger partial charge in [-0.25, -0.2) is 0 Å². The summed E-state index contributed by atoms with van der Waals surface area (Å²) in [4.78, 5) is 4.40. The van der Waals surface area contributed by atoms with Gasteiger partial charge in [0.25, 0.3) is 0 Å². The molecule has 19 heavy (non-hydrogen) atoms. The number of fused-ring (bicyclic) bond motifs is 1. The average molecular weight is 254 g/mol. The van der Waals surface area contributed by atoms with E-state index in [-0.39, 0.29) is 5.54 Å². The van der Waals surface area contributed by atoms with Crippen LogP contribution in [0, 0.1) is 5.92 Å². The van der Waals surface area contributed by atoms with E-state index in [1.165, 1.54) is 35.6 Å². The third-order valence-corrected chi connectivity index (χ3v) is 4.61. The highest BCUT2D eigenvalue weighted by Gasteiger charge is 2.31. The monoisotopic (exact) mass is 254 g/mol. The Morgan fingerprint density at radius 2 is 2.00 bits per heavy atom. The predicted molar refractivity (Wildman–Crippen MR) is 79.9 cm³/mol. The standard InChI is InChI=1S/C17H22N2/c1-13-5-4-9-17(18,10-8-13)16-12-19-11-14-6-2-3-7-15(14)16/h2-3,6-7,11-13H,4-5,8-10,18H2,1H3. The Balaban J connectivity index is 2.07. The van der Waals surface area contributed by atoms with Gasteiger partial charge in [-0.05, 0) is 36.1 Å². The largest absolute Gasteiger partial charge is 0.321 e. The Hall–Kier alpha value is -1.41. The quantitative estimate of drug-likeness (QED) is 0.781. The number of benzene rings is 1. The van der Waals surface area contributed by atoms with Crippen molar-refractivity contribution in [3.8, 4) is 0 Å². The van der Waals surface area contributed by atoms with E-state index in [9.17, 15) is 0 Å². The molecule has 1 aromatic carbocycles. The van der Waals surface area contributed by atoms with E-state index in [4.69, 9.17) is 5.73 Å². The summed E-state index contributed by atoms with van der Waals surface area (Å²) in [6.45, 7) is 2.34. The number of rotatable bonds is 1. The summed E-state index contributed by atoms with van der Waals surface area (Å²) < 4.78 is 0. The summed E-state index contributed by atoms with van der Waals surface area (Å²) in [6.07, 6.45) is 9.81. The first-order valence-corrected chi connectivity index (χ1v) is 7.31. The zero-order chi connectivity index (χ0) is 13.3. The average Bonchev–Trinajstić information content (AvgIpc) is 2.61. The van der Waals surface area contributed by atoms with Crippen LogP contribution < -0.4 is 5.73 Å². The molecule has 2 heteroatoms. The Bertz CT molecular complexity index is 573. The maximum atomic E-state index is 6.77. The molecule has 3 rings (SSSR count). The third-order valence-electron chi connectivity index (χ3n) is 4.61. The van der Waals surface area contributed by atoms with Crippen LogP contribution in [0.3, 0.4) is 0 Å². The molecule has 1 saturated carbocycles. The van der Waals surface area contributed by atoms with Crippen molar-refractivity contribution in [3.63, 3.8) is 0 Å². The molecule has 0 amide bonds. The molecule has 0 radical (unpaired) electrons. The number of nitrogens with zero attached hydrogens (tertiary/aromatic N) is 1. The van der Waals surface area contributed by atoms with Gasteiger partial charge in [0, 0.05) is 23.3 Å². The van der Waals surface area contributed by atoms with Crippen LogP contribution in [0.5, 0.6) is 0 Å². The van der Waals surface area contributed by atoms with Crippen molar-refractivity contribution in [2.75, 3.05) is 0 Å². The molecule has 2 nitrogen and oxygen atoms in total. The lowest BCUT2D eigenvalue weighted by Crippen LogP contribution is -2.36. The van der Waals surface area contributed by atoms with Crippen molar-refractivity contribution in [1.29, 1.82) is 0 Å². The minimum absolute atomic E-state index is 0.196. The van der Waals surface area contributed by atoms with Gasteiger partial charge >= 0.3 is 0 Å². The molecule has 1 aliphatic rings. The van der Waals surface area contributed by atoms with Crippen molar-refractivity contribution in [2.24, 2.45) is 11.7 Å². The van der Waals surface area contributed by atoms with Gasteiger partial charge in [0.15, 0.2) is 0 Å². The highest BCUT2D eigenvalue weighted by molar-refractivity contribution is 5.85. The van der Waals surface area contributed by atoms with Crippen LogP contribution in [0.2, 0.25) is 0 Å². The second kappa shape index (κ2) is 4.93. The lowest BCUT2D eigenvalue weighted by molar-refractivity contribution is 0.380. The molecule has 1 aromatic heterocycles. The normalized spacial score (nSPS) is 28.2. The van der Waals surface area contributed by atoms with Crippen LogP contribution in [0.25, 0.3) is 10.8 Å². The lowest BCUT2D eigenvalue weighted by Gasteiger charge is -2.29. The van der Waals surface area contributed by atoms with E-state index in [1.807, 2.05) is 12.4 Å². The molecule has 0 saturated heterocycles. The maximum Gasteiger partial charge on any atom is 0.0431 e. The Morgan fingerprint density at radius 3 is 2.89 bits per heavy atom. The summed E-state index contributed by atoms with van der Waals surface area (Å²) >= 11 is 0. The number of aromatic nitrogens is 1. The fourth-order valence-corrected chi connectivity index (χ4v) is 3.32. The Kier molecular flexibility index (Phi) is 3.28. The Morgan fingerprint density at radius 1 is 1.16 bits per heavy atom. The maximum absolute atomic E-state index is 6.77. The summed E-state index contributed by atoms with van der Waals surface area (Å²) in [5.74, 6) is 0.799. The molecule has 1 heterocycles. The van der Waals surface area contributed by atoms with Gasteiger partial charge in [-0.2, -0.15) is 0 Å². The van der Waals surface area contributed by atoms with Gasteiger partial charge < -0.3 is 5.73 Å². The first kappa shape index (κ1) is 12.6. The van der Waals surface area contributed by atoms with Crippen LogP contribution in [-0.4, -0.2) is 4.98 Å². The van der Waals surface area contributed by atoms with E-state index in [0.29, 0.717) is 0 Å². The first-order chi connectivity index (χ1) is 9.19. The van der Waals surface area contributed by atoms with Crippen molar-refractivity contribution >= 4 is 10.8 Å². The zero-order valence-electron chi connectivity index (χ0n) is 11.6. The number of pyridine rings is 1. The summed E-state index contributed by atoms with van der Waals surface area (Å²) in [5.41, 5.74) is 7.81.